The third kappa shape index (κ3) is 4.41. The van der Waals surface area contributed by atoms with Gasteiger partial charge >= 0.3 is 0 Å². The summed E-state index contributed by atoms with van der Waals surface area (Å²) in [6.07, 6.45) is 2.58. The highest BCUT2D eigenvalue weighted by Gasteiger charge is 2.36. The highest BCUT2D eigenvalue weighted by atomic mass is 79.9. The summed E-state index contributed by atoms with van der Waals surface area (Å²) >= 11 is 3.39. The van der Waals surface area contributed by atoms with Crippen LogP contribution in [0.4, 0.5) is 0 Å². The first-order chi connectivity index (χ1) is 14.5. The molecule has 7 heteroatoms. The number of ketones is 1. The molecule has 2 aromatic rings. The summed E-state index contributed by atoms with van der Waals surface area (Å²) in [5, 5.41) is 2.96. The first kappa shape index (κ1) is 20.6. The third-order valence-electron chi connectivity index (χ3n) is 5.58. The van der Waals surface area contributed by atoms with Crippen LogP contribution in [-0.2, 0) is 4.79 Å². The molecule has 1 saturated carbocycles. The number of ether oxygens (including phenoxy) is 1. The lowest BCUT2D eigenvalue weighted by Gasteiger charge is -2.25. The van der Waals surface area contributed by atoms with Crippen LogP contribution in [0.1, 0.15) is 51.6 Å². The van der Waals surface area contributed by atoms with Crippen molar-refractivity contribution < 1.29 is 19.1 Å². The van der Waals surface area contributed by atoms with Crippen molar-refractivity contribution in [3.05, 3.63) is 63.6 Å². The average Bonchev–Trinajstić information content (AvgIpc) is 3.51. The Bertz CT molecular complexity index is 1000. The second kappa shape index (κ2) is 8.60. The number of rotatable bonds is 6. The summed E-state index contributed by atoms with van der Waals surface area (Å²) in [7, 11) is 1.54. The Morgan fingerprint density at radius 1 is 1.17 bits per heavy atom. The third-order valence-corrected chi connectivity index (χ3v) is 6.24. The van der Waals surface area contributed by atoms with Crippen molar-refractivity contribution in [3.8, 4) is 5.75 Å². The zero-order chi connectivity index (χ0) is 21.3. The van der Waals surface area contributed by atoms with Crippen LogP contribution in [-0.4, -0.2) is 42.7 Å². The van der Waals surface area contributed by atoms with E-state index in [-0.39, 0.29) is 30.6 Å². The van der Waals surface area contributed by atoms with Gasteiger partial charge in [0.15, 0.2) is 5.78 Å². The van der Waals surface area contributed by atoms with E-state index < -0.39 is 6.04 Å². The number of amides is 2. The fourth-order valence-corrected chi connectivity index (χ4v) is 4.12. The van der Waals surface area contributed by atoms with E-state index in [1.54, 1.807) is 41.3 Å². The summed E-state index contributed by atoms with van der Waals surface area (Å²) < 4.78 is 6.04. The second-order valence-electron chi connectivity index (χ2n) is 7.82. The molecule has 0 spiro atoms. The molecule has 0 radical (unpaired) electrons. The standard InChI is InChI=1S/C23H23BrN2O4/c1-30-21-10-17(7-8-19(21)24)23(29)26-13-18(27)11-20(26)15-3-2-4-16(9-15)22(28)25-12-14-5-6-14/h2-4,7-10,14,20H,5-6,11-13H2,1H3,(H,25,28). The Morgan fingerprint density at radius 3 is 2.70 bits per heavy atom. The van der Waals surface area contributed by atoms with Gasteiger partial charge in [0.25, 0.3) is 11.8 Å². The summed E-state index contributed by atoms with van der Waals surface area (Å²) in [5.41, 5.74) is 1.79. The molecule has 1 N–H and O–H groups in total. The minimum absolute atomic E-state index is 0.000940. The average molecular weight is 471 g/mol. The monoisotopic (exact) mass is 470 g/mol. The first-order valence-electron chi connectivity index (χ1n) is 10.0. The molecule has 2 fully saturated rings. The molecule has 1 aliphatic heterocycles. The van der Waals surface area contributed by atoms with Crippen molar-refractivity contribution in [2.75, 3.05) is 20.2 Å². The molecule has 1 saturated heterocycles. The van der Waals surface area contributed by atoms with E-state index in [0.717, 1.165) is 10.0 Å². The lowest BCUT2D eigenvalue weighted by atomic mass is 10.0. The normalized spacial score (nSPS) is 18.4. The van der Waals surface area contributed by atoms with Crippen molar-refractivity contribution in [1.82, 2.24) is 10.2 Å². The van der Waals surface area contributed by atoms with E-state index in [2.05, 4.69) is 21.2 Å². The Morgan fingerprint density at radius 2 is 1.97 bits per heavy atom. The number of hydrogen-bond donors (Lipinski definition) is 1. The lowest BCUT2D eigenvalue weighted by Crippen LogP contribution is -2.31. The Hall–Kier alpha value is -2.67. The molecule has 2 amide bonds. The molecule has 0 bridgehead atoms. The zero-order valence-electron chi connectivity index (χ0n) is 16.7. The van der Waals surface area contributed by atoms with Gasteiger partial charge in [-0.25, -0.2) is 0 Å². The summed E-state index contributed by atoms with van der Waals surface area (Å²) in [5.74, 6) is 0.794. The zero-order valence-corrected chi connectivity index (χ0v) is 18.3. The molecule has 1 aliphatic carbocycles. The highest BCUT2D eigenvalue weighted by Crippen LogP contribution is 2.34. The van der Waals surface area contributed by atoms with Gasteiger partial charge in [0.05, 0.1) is 24.2 Å². The van der Waals surface area contributed by atoms with E-state index >= 15 is 0 Å². The fraction of sp³-hybridized carbons (Fsp3) is 0.348. The van der Waals surface area contributed by atoms with Gasteiger partial charge in [0, 0.05) is 24.1 Å². The van der Waals surface area contributed by atoms with E-state index in [1.165, 1.54) is 20.0 Å². The van der Waals surface area contributed by atoms with Gasteiger partial charge < -0.3 is 15.0 Å². The largest absolute Gasteiger partial charge is 0.496 e. The smallest absolute Gasteiger partial charge is 0.254 e. The molecule has 156 valence electrons. The van der Waals surface area contributed by atoms with Gasteiger partial charge in [0.1, 0.15) is 5.75 Å². The number of halogens is 1. The quantitative estimate of drug-likeness (QED) is 0.697. The van der Waals surface area contributed by atoms with E-state index in [4.69, 9.17) is 4.74 Å². The van der Waals surface area contributed by atoms with Gasteiger partial charge in [-0.3, -0.25) is 14.4 Å². The molecule has 1 unspecified atom stereocenters. The number of carbonyl (C=O) groups excluding carboxylic acids is 3. The molecule has 4 rings (SSSR count). The van der Waals surface area contributed by atoms with Crippen molar-refractivity contribution >= 4 is 33.5 Å². The number of hydrogen-bond acceptors (Lipinski definition) is 4. The Balaban J connectivity index is 1.56. The molecule has 6 nitrogen and oxygen atoms in total. The van der Waals surface area contributed by atoms with Gasteiger partial charge in [-0.2, -0.15) is 0 Å². The molecular formula is C23H23BrN2O4. The number of likely N-dealkylation sites (tertiary alicyclic amines) is 1. The number of benzene rings is 2. The first-order valence-corrected chi connectivity index (χ1v) is 10.8. The molecule has 30 heavy (non-hydrogen) atoms. The minimum atomic E-state index is -0.393. The molecular weight excluding hydrogens is 448 g/mol. The molecule has 1 atom stereocenters. The van der Waals surface area contributed by atoms with Crippen LogP contribution in [0, 0.1) is 5.92 Å². The van der Waals surface area contributed by atoms with Crippen molar-refractivity contribution in [1.29, 1.82) is 0 Å². The second-order valence-corrected chi connectivity index (χ2v) is 8.67. The van der Waals surface area contributed by atoms with Crippen LogP contribution < -0.4 is 10.1 Å². The number of nitrogens with one attached hydrogen (secondary N) is 1. The topological polar surface area (TPSA) is 75.7 Å². The van der Waals surface area contributed by atoms with Crippen LogP contribution >= 0.6 is 15.9 Å². The van der Waals surface area contributed by atoms with E-state index in [9.17, 15) is 14.4 Å². The van der Waals surface area contributed by atoms with Gasteiger partial charge in [-0.05, 0) is 70.6 Å². The highest BCUT2D eigenvalue weighted by molar-refractivity contribution is 9.10. The minimum Gasteiger partial charge on any atom is -0.496 e. The van der Waals surface area contributed by atoms with Crippen LogP contribution in [0.5, 0.6) is 5.75 Å². The van der Waals surface area contributed by atoms with Crippen molar-refractivity contribution in [2.45, 2.75) is 25.3 Å². The molecule has 2 aromatic carbocycles. The number of nitrogens with zero attached hydrogens (tertiary/aromatic N) is 1. The number of Topliss-reactive ketones (excluding diaryl/α,β-unsaturated/α-hetero) is 1. The Kier molecular flexibility index (Phi) is 5.90. The number of methoxy groups -OCH3 is 1. The maximum atomic E-state index is 13.2. The number of carbonyl (C=O) groups is 3. The van der Waals surface area contributed by atoms with E-state index in [1.807, 2.05) is 6.07 Å². The SMILES string of the molecule is COc1cc(C(=O)N2CC(=O)CC2c2cccc(C(=O)NCC3CC3)c2)ccc1Br. The summed E-state index contributed by atoms with van der Waals surface area (Å²) in [6, 6.07) is 11.9. The summed E-state index contributed by atoms with van der Waals surface area (Å²) in [6.45, 7) is 0.751. The van der Waals surface area contributed by atoms with Gasteiger partial charge in [0.2, 0.25) is 0 Å². The van der Waals surface area contributed by atoms with Crippen molar-refractivity contribution in [2.24, 2.45) is 5.92 Å². The van der Waals surface area contributed by atoms with Crippen LogP contribution in [0.25, 0.3) is 0 Å². The summed E-state index contributed by atoms with van der Waals surface area (Å²) in [4.78, 5) is 39.5. The fourth-order valence-electron chi connectivity index (χ4n) is 3.71. The maximum absolute atomic E-state index is 13.2. The van der Waals surface area contributed by atoms with Gasteiger partial charge in [-0.1, -0.05) is 12.1 Å². The molecule has 1 heterocycles. The van der Waals surface area contributed by atoms with Crippen molar-refractivity contribution in [3.63, 3.8) is 0 Å². The van der Waals surface area contributed by atoms with Crippen LogP contribution in [0.2, 0.25) is 0 Å². The lowest BCUT2D eigenvalue weighted by molar-refractivity contribution is -0.116. The maximum Gasteiger partial charge on any atom is 0.254 e. The Labute approximate surface area is 183 Å². The predicted molar refractivity (Wildman–Crippen MR) is 116 cm³/mol. The predicted octanol–water partition coefficient (Wildman–Crippen LogP) is 3.75. The van der Waals surface area contributed by atoms with E-state index in [0.29, 0.717) is 29.3 Å². The van der Waals surface area contributed by atoms with Crippen LogP contribution in [0.15, 0.2) is 46.9 Å². The molecule has 0 aromatic heterocycles. The van der Waals surface area contributed by atoms with Gasteiger partial charge in [-0.15, -0.1) is 0 Å². The molecule has 2 aliphatic rings. The van der Waals surface area contributed by atoms with Crippen LogP contribution in [0.3, 0.4) is 0 Å².